The summed E-state index contributed by atoms with van der Waals surface area (Å²) in [4.78, 5) is 0. The third-order valence-corrected chi connectivity index (χ3v) is 2.23. The minimum atomic E-state index is -4.47. The minimum absolute atomic E-state index is 0.0306. The molecule has 7 heteroatoms. The number of allylic oxidation sites excluding steroid dienone is 5. The van der Waals surface area contributed by atoms with Crippen LogP contribution in [0.1, 0.15) is 13.8 Å². The van der Waals surface area contributed by atoms with E-state index in [9.17, 15) is 13.2 Å². The monoisotopic (exact) mass is 262 g/mol. The normalized spacial score (nSPS) is 20.3. The Labute approximate surface area is 103 Å². The summed E-state index contributed by atoms with van der Waals surface area (Å²) in [5, 5.41) is 18.3. The summed E-state index contributed by atoms with van der Waals surface area (Å²) in [7, 11) is -2.01. The van der Waals surface area contributed by atoms with Crippen LogP contribution in [0.25, 0.3) is 0 Å². The molecule has 0 bridgehead atoms. The Hall–Kier alpha value is -1.21. The van der Waals surface area contributed by atoms with Crippen molar-refractivity contribution in [3.05, 3.63) is 35.5 Å². The number of hydrogen-bond acceptors (Lipinski definition) is 3. The molecule has 0 aromatic heterocycles. The lowest BCUT2D eigenvalue weighted by molar-refractivity contribution is -0.148. The zero-order chi connectivity index (χ0) is 13.9. The molecule has 0 aliphatic heterocycles. The Morgan fingerprint density at radius 3 is 2.39 bits per heavy atom. The quantitative estimate of drug-likeness (QED) is 0.764. The molecule has 1 atom stereocenters. The maximum absolute atomic E-state index is 12.6. The van der Waals surface area contributed by atoms with E-state index >= 15 is 0 Å². The second kappa shape index (κ2) is 5.62. The number of halogens is 3. The van der Waals surface area contributed by atoms with Gasteiger partial charge in [-0.3, -0.25) is 0 Å². The summed E-state index contributed by atoms with van der Waals surface area (Å²) in [5.74, 6) is -1.83. The second-order valence-corrected chi connectivity index (χ2v) is 4.15. The lowest BCUT2D eigenvalue weighted by Gasteiger charge is -2.17. The topological polar surface area (TPSA) is 49.7 Å². The van der Waals surface area contributed by atoms with Gasteiger partial charge in [-0.05, 0) is 19.9 Å². The molecule has 0 saturated carbocycles. The van der Waals surface area contributed by atoms with E-state index in [1.54, 1.807) is 13.8 Å². The number of hydrogen-bond donors (Lipinski definition) is 2. The van der Waals surface area contributed by atoms with Crippen LogP contribution in [-0.4, -0.2) is 29.4 Å². The van der Waals surface area contributed by atoms with Crippen LogP contribution >= 0.6 is 0 Å². The van der Waals surface area contributed by atoms with Crippen LogP contribution in [0, 0.1) is 5.92 Å². The van der Waals surface area contributed by atoms with Gasteiger partial charge in [-0.25, -0.2) is 0 Å². The predicted molar refractivity (Wildman–Crippen MR) is 61.3 cm³/mol. The molecule has 0 amide bonds. The summed E-state index contributed by atoms with van der Waals surface area (Å²) in [6, 6.07) is 0. The van der Waals surface area contributed by atoms with Crippen molar-refractivity contribution >= 4 is 7.12 Å². The standard InChI is InChI=1S/C11H14BF3O3/c1-7(2)18-10-5-3-4-8(11(13,14)15)6-9(10)12(16)17/h3-8,16-17H,1-2H3. The van der Waals surface area contributed by atoms with Crippen LogP contribution < -0.4 is 0 Å². The summed E-state index contributed by atoms with van der Waals surface area (Å²) >= 11 is 0. The second-order valence-electron chi connectivity index (χ2n) is 4.15. The van der Waals surface area contributed by atoms with Gasteiger partial charge in [0.05, 0.1) is 12.0 Å². The lowest BCUT2D eigenvalue weighted by atomic mass is 9.76. The van der Waals surface area contributed by atoms with Crippen molar-refractivity contribution in [2.24, 2.45) is 5.92 Å². The molecule has 1 aliphatic rings. The van der Waals surface area contributed by atoms with Gasteiger partial charge in [-0.15, -0.1) is 0 Å². The van der Waals surface area contributed by atoms with Crippen LogP contribution in [0.5, 0.6) is 0 Å². The van der Waals surface area contributed by atoms with Gasteiger partial charge in [0.15, 0.2) is 0 Å². The van der Waals surface area contributed by atoms with Crippen LogP contribution in [0.3, 0.4) is 0 Å². The van der Waals surface area contributed by atoms with Gasteiger partial charge in [-0.1, -0.05) is 18.2 Å². The van der Waals surface area contributed by atoms with Crippen LogP contribution in [-0.2, 0) is 4.74 Å². The van der Waals surface area contributed by atoms with E-state index in [0.29, 0.717) is 0 Å². The molecule has 3 nitrogen and oxygen atoms in total. The van der Waals surface area contributed by atoms with E-state index in [4.69, 9.17) is 14.8 Å². The molecule has 18 heavy (non-hydrogen) atoms. The Bertz CT molecular complexity index is 383. The van der Waals surface area contributed by atoms with Crippen molar-refractivity contribution in [3.8, 4) is 0 Å². The van der Waals surface area contributed by atoms with E-state index < -0.39 is 19.2 Å². The summed E-state index contributed by atoms with van der Waals surface area (Å²) < 4.78 is 43.1. The van der Waals surface area contributed by atoms with E-state index in [1.165, 1.54) is 12.2 Å². The molecule has 1 unspecified atom stereocenters. The first-order chi connectivity index (χ1) is 8.21. The molecule has 0 saturated heterocycles. The van der Waals surface area contributed by atoms with Gasteiger partial charge in [-0.2, -0.15) is 13.2 Å². The fraction of sp³-hybridized carbons (Fsp3) is 0.455. The lowest BCUT2D eigenvalue weighted by Crippen LogP contribution is -2.24. The number of ether oxygens (including phenoxy) is 1. The van der Waals surface area contributed by atoms with Gasteiger partial charge >= 0.3 is 13.3 Å². The molecule has 1 rings (SSSR count). The highest BCUT2D eigenvalue weighted by Crippen LogP contribution is 2.32. The minimum Gasteiger partial charge on any atom is -0.491 e. The van der Waals surface area contributed by atoms with Crippen LogP contribution in [0.4, 0.5) is 13.2 Å². The van der Waals surface area contributed by atoms with Crippen molar-refractivity contribution in [1.82, 2.24) is 0 Å². The molecule has 0 radical (unpaired) electrons. The van der Waals surface area contributed by atoms with E-state index in [2.05, 4.69) is 0 Å². The molecule has 100 valence electrons. The van der Waals surface area contributed by atoms with Crippen molar-refractivity contribution < 1.29 is 28.0 Å². The SMILES string of the molecule is CC(C)OC1=CC=CC(C(F)(F)F)C=C1B(O)O. The third-order valence-electron chi connectivity index (χ3n) is 2.23. The van der Waals surface area contributed by atoms with Crippen molar-refractivity contribution in [3.63, 3.8) is 0 Å². The van der Waals surface area contributed by atoms with Gasteiger partial charge in [0.1, 0.15) is 5.76 Å². The molecule has 0 spiro atoms. The van der Waals surface area contributed by atoms with E-state index in [1.807, 2.05) is 0 Å². The maximum atomic E-state index is 12.6. The summed E-state index contributed by atoms with van der Waals surface area (Å²) in [6.07, 6.45) is -0.591. The smallest absolute Gasteiger partial charge is 0.491 e. The fourth-order valence-corrected chi connectivity index (χ4v) is 1.47. The maximum Gasteiger partial charge on any atom is 0.491 e. The summed E-state index contributed by atoms with van der Waals surface area (Å²) in [6.45, 7) is 3.39. The summed E-state index contributed by atoms with van der Waals surface area (Å²) in [5.41, 5.74) is -0.281. The first-order valence-corrected chi connectivity index (χ1v) is 5.42. The molecule has 2 N–H and O–H groups in total. The largest absolute Gasteiger partial charge is 0.491 e. The van der Waals surface area contributed by atoms with Crippen molar-refractivity contribution in [2.45, 2.75) is 26.1 Å². The highest BCUT2D eigenvalue weighted by Gasteiger charge is 2.38. The predicted octanol–water partition coefficient (Wildman–Crippen LogP) is 1.98. The molecule has 0 aromatic carbocycles. The first-order valence-electron chi connectivity index (χ1n) is 5.42. The molecule has 0 fully saturated rings. The zero-order valence-corrected chi connectivity index (χ0v) is 9.98. The number of alkyl halides is 3. The van der Waals surface area contributed by atoms with Crippen LogP contribution in [0.15, 0.2) is 35.5 Å². The molecule has 0 aromatic rings. The first kappa shape index (κ1) is 14.9. The highest BCUT2D eigenvalue weighted by atomic mass is 19.4. The third kappa shape index (κ3) is 3.92. The average molecular weight is 262 g/mol. The van der Waals surface area contributed by atoms with Gasteiger partial charge in [0.25, 0.3) is 0 Å². The Kier molecular flexibility index (Phi) is 4.64. The van der Waals surface area contributed by atoms with Gasteiger partial charge < -0.3 is 14.8 Å². The zero-order valence-electron chi connectivity index (χ0n) is 9.98. The fourth-order valence-electron chi connectivity index (χ4n) is 1.47. The van der Waals surface area contributed by atoms with Gasteiger partial charge in [0, 0.05) is 5.47 Å². The van der Waals surface area contributed by atoms with Gasteiger partial charge in [0.2, 0.25) is 0 Å². The highest BCUT2D eigenvalue weighted by molar-refractivity contribution is 6.52. The van der Waals surface area contributed by atoms with Crippen molar-refractivity contribution in [2.75, 3.05) is 0 Å². The average Bonchev–Trinajstić information content (AvgIpc) is 2.38. The van der Waals surface area contributed by atoms with Crippen molar-refractivity contribution in [1.29, 1.82) is 0 Å². The van der Waals surface area contributed by atoms with E-state index in [0.717, 1.165) is 12.2 Å². The number of rotatable bonds is 3. The molecular weight excluding hydrogens is 248 g/mol. The Morgan fingerprint density at radius 1 is 1.33 bits per heavy atom. The van der Waals surface area contributed by atoms with E-state index in [-0.39, 0.29) is 17.3 Å². The molecule has 0 heterocycles. The Balaban J connectivity index is 3.09. The molecular formula is C11H14BF3O3. The Morgan fingerprint density at radius 2 is 1.94 bits per heavy atom. The molecule has 1 aliphatic carbocycles. The van der Waals surface area contributed by atoms with Crippen LogP contribution in [0.2, 0.25) is 0 Å².